The Morgan fingerprint density at radius 1 is 1.23 bits per heavy atom. The molecule has 22 heavy (non-hydrogen) atoms. The van der Waals surface area contributed by atoms with Crippen molar-refractivity contribution >= 4 is 5.91 Å². The van der Waals surface area contributed by atoms with E-state index >= 15 is 0 Å². The van der Waals surface area contributed by atoms with Crippen molar-refractivity contribution in [3.05, 3.63) is 66.3 Å². The SMILES string of the molecule is O=C(NCC(O)c1ccco1)c1cc(-c2ccccc2)no1. The standard InChI is InChI=1S/C16H14N2O4/c19-13(14-7-4-8-21-14)10-17-16(20)15-9-12(18-22-15)11-5-2-1-3-6-11/h1-9,13,19H,10H2,(H,17,20). The quantitative estimate of drug-likeness (QED) is 0.755. The Kier molecular flexibility index (Phi) is 4.02. The van der Waals surface area contributed by atoms with E-state index in [1.807, 2.05) is 30.3 Å². The molecule has 1 aromatic carbocycles. The van der Waals surface area contributed by atoms with Crippen LogP contribution in [0.2, 0.25) is 0 Å². The summed E-state index contributed by atoms with van der Waals surface area (Å²) >= 11 is 0. The number of benzene rings is 1. The van der Waals surface area contributed by atoms with Crippen LogP contribution in [0.1, 0.15) is 22.4 Å². The molecule has 2 aromatic heterocycles. The van der Waals surface area contributed by atoms with Crippen molar-refractivity contribution in [2.45, 2.75) is 6.10 Å². The van der Waals surface area contributed by atoms with Crippen molar-refractivity contribution in [3.63, 3.8) is 0 Å². The molecule has 0 fully saturated rings. The van der Waals surface area contributed by atoms with E-state index in [9.17, 15) is 9.90 Å². The van der Waals surface area contributed by atoms with Gasteiger partial charge in [-0.1, -0.05) is 35.5 Å². The zero-order valence-corrected chi connectivity index (χ0v) is 11.6. The molecule has 0 saturated heterocycles. The lowest BCUT2D eigenvalue weighted by Crippen LogP contribution is -2.27. The second-order valence-corrected chi connectivity index (χ2v) is 4.68. The molecule has 3 aromatic rings. The minimum atomic E-state index is -0.907. The Bertz CT molecular complexity index is 735. The third-order valence-electron chi connectivity index (χ3n) is 3.13. The van der Waals surface area contributed by atoms with E-state index in [4.69, 9.17) is 8.94 Å². The van der Waals surface area contributed by atoms with Crippen molar-refractivity contribution < 1.29 is 18.8 Å². The molecule has 2 heterocycles. The minimum absolute atomic E-state index is 0.0215. The number of rotatable bonds is 5. The first-order valence-electron chi connectivity index (χ1n) is 6.76. The van der Waals surface area contributed by atoms with Gasteiger partial charge in [0.15, 0.2) is 0 Å². The monoisotopic (exact) mass is 298 g/mol. The summed E-state index contributed by atoms with van der Waals surface area (Å²) in [7, 11) is 0. The predicted octanol–water partition coefficient (Wildman–Crippen LogP) is 2.40. The van der Waals surface area contributed by atoms with Crippen LogP contribution in [0.3, 0.4) is 0 Å². The molecule has 1 atom stereocenters. The fourth-order valence-electron chi connectivity index (χ4n) is 1.99. The number of furan rings is 1. The Hall–Kier alpha value is -2.86. The lowest BCUT2D eigenvalue weighted by atomic mass is 10.1. The molecule has 0 saturated carbocycles. The van der Waals surface area contributed by atoms with Gasteiger partial charge < -0.3 is 19.4 Å². The molecule has 0 aliphatic heterocycles. The van der Waals surface area contributed by atoms with Gasteiger partial charge in [0.25, 0.3) is 5.91 Å². The van der Waals surface area contributed by atoms with Crippen molar-refractivity contribution in [2.75, 3.05) is 6.54 Å². The van der Waals surface area contributed by atoms with Crippen LogP contribution in [-0.2, 0) is 0 Å². The van der Waals surface area contributed by atoms with Crippen LogP contribution in [0.5, 0.6) is 0 Å². The summed E-state index contributed by atoms with van der Waals surface area (Å²) in [5.74, 6) is 0.0358. The van der Waals surface area contributed by atoms with Gasteiger partial charge in [-0.05, 0) is 12.1 Å². The number of nitrogens with one attached hydrogen (secondary N) is 1. The number of carbonyl (C=O) groups is 1. The third kappa shape index (κ3) is 3.07. The summed E-state index contributed by atoms with van der Waals surface area (Å²) in [5, 5.41) is 16.3. The molecule has 1 unspecified atom stereocenters. The Morgan fingerprint density at radius 2 is 2.05 bits per heavy atom. The largest absolute Gasteiger partial charge is 0.467 e. The summed E-state index contributed by atoms with van der Waals surface area (Å²) in [6.45, 7) is 0.0215. The fourth-order valence-corrected chi connectivity index (χ4v) is 1.99. The highest BCUT2D eigenvalue weighted by Gasteiger charge is 2.16. The summed E-state index contributed by atoms with van der Waals surface area (Å²) in [5.41, 5.74) is 1.44. The van der Waals surface area contributed by atoms with Crippen molar-refractivity contribution in [1.82, 2.24) is 10.5 Å². The number of aromatic nitrogens is 1. The second kappa shape index (κ2) is 6.28. The molecule has 0 aliphatic carbocycles. The van der Waals surface area contributed by atoms with Gasteiger partial charge in [0, 0.05) is 11.6 Å². The van der Waals surface area contributed by atoms with Gasteiger partial charge >= 0.3 is 0 Å². The van der Waals surface area contributed by atoms with E-state index < -0.39 is 12.0 Å². The summed E-state index contributed by atoms with van der Waals surface area (Å²) < 4.78 is 10.1. The molecular formula is C16H14N2O4. The van der Waals surface area contributed by atoms with Gasteiger partial charge in [0.05, 0.1) is 12.8 Å². The van der Waals surface area contributed by atoms with Crippen LogP contribution in [-0.4, -0.2) is 22.7 Å². The third-order valence-corrected chi connectivity index (χ3v) is 3.13. The Labute approximate surface area is 126 Å². The zero-order valence-electron chi connectivity index (χ0n) is 11.6. The van der Waals surface area contributed by atoms with Crippen LogP contribution in [0.15, 0.2) is 63.7 Å². The number of carbonyl (C=O) groups excluding carboxylic acids is 1. The van der Waals surface area contributed by atoms with E-state index in [1.54, 1.807) is 18.2 Å². The molecule has 2 N–H and O–H groups in total. The Balaban J connectivity index is 1.62. The number of hydrogen-bond donors (Lipinski definition) is 2. The van der Waals surface area contributed by atoms with Gasteiger partial charge in [0.1, 0.15) is 17.6 Å². The first kappa shape index (κ1) is 14.1. The van der Waals surface area contributed by atoms with Crippen molar-refractivity contribution in [3.8, 4) is 11.3 Å². The van der Waals surface area contributed by atoms with Crippen molar-refractivity contribution in [1.29, 1.82) is 0 Å². The molecule has 1 amide bonds. The highest BCUT2D eigenvalue weighted by molar-refractivity contribution is 5.92. The summed E-state index contributed by atoms with van der Waals surface area (Å²) in [4.78, 5) is 12.0. The van der Waals surface area contributed by atoms with E-state index in [1.165, 1.54) is 6.26 Å². The van der Waals surface area contributed by atoms with Crippen LogP contribution < -0.4 is 5.32 Å². The summed E-state index contributed by atoms with van der Waals surface area (Å²) in [6, 6.07) is 14.3. The maximum Gasteiger partial charge on any atom is 0.290 e. The van der Waals surface area contributed by atoms with Gasteiger partial charge in [-0.2, -0.15) is 0 Å². The van der Waals surface area contributed by atoms with Gasteiger partial charge in [-0.3, -0.25) is 4.79 Å². The van der Waals surface area contributed by atoms with E-state index in [0.717, 1.165) is 5.56 Å². The molecule has 0 aliphatic rings. The number of aliphatic hydroxyl groups excluding tert-OH is 1. The van der Waals surface area contributed by atoms with Crippen LogP contribution in [0.4, 0.5) is 0 Å². The van der Waals surface area contributed by atoms with Gasteiger partial charge in [0.2, 0.25) is 5.76 Å². The van der Waals surface area contributed by atoms with Gasteiger partial charge in [-0.25, -0.2) is 0 Å². The molecule has 6 nitrogen and oxygen atoms in total. The molecule has 0 radical (unpaired) electrons. The molecule has 0 bridgehead atoms. The molecule has 0 spiro atoms. The first-order valence-corrected chi connectivity index (χ1v) is 6.76. The van der Waals surface area contributed by atoms with Gasteiger partial charge in [-0.15, -0.1) is 0 Å². The molecular weight excluding hydrogens is 284 g/mol. The normalized spacial score (nSPS) is 12.0. The number of nitrogens with zero attached hydrogens (tertiary/aromatic N) is 1. The van der Waals surface area contributed by atoms with Crippen molar-refractivity contribution in [2.24, 2.45) is 0 Å². The summed E-state index contributed by atoms with van der Waals surface area (Å²) in [6.07, 6.45) is 0.554. The Morgan fingerprint density at radius 3 is 2.77 bits per heavy atom. The zero-order chi connectivity index (χ0) is 15.4. The average molecular weight is 298 g/mol. The number of hydrogen-bond acceptors (Lipinski definition) is 5. The lowest BCUT2D eigenvalue weighted by molar-refractivity contribution is 0.0866. The first-order chi connectivity index (χ1) is 10.7. The highest BCUT2D eigenvalue weighted by atomic mass is 16.5. The topological polar surface area (TPSA) is 88.5 Å². The predicted molar refractivity (Wildman–Crippen MR) is 77.9 cm³/mol. The van der Waals surface area contributed by atoms with Crippen LogP contribution in [0.25, 0.3) is 11.3 Å². The van der Waals surface area contributed by atoms with Crippen LogP contribution in [0, 0.1) is 0 Å². The van der Waals surface area contributed by atoms with E-state index in [-0.39, 0.29) is 12.3 Å². The van der Waals surface area contributed by atoms with E-state index in [2.05, 4.69) is 10.5 Å². The fraction of sp³-hybridized carbons (Fsp3) is 0.125. The minimum Gasteiger partial charge on any atom is -0.467 e. The maximum atomic E-state index is 12.0. The number of amides is 1. The molecule has 6 heteroatoms. The lowest BCUT2D eigenvalue weighted by Gasteiger charge is -2.07. The average Bonchev–Trinajstić information content (AvgIpc) is 3.24. The highest BCUT2D eigenvalue weighted by Crippen LogP contribution is 2.18. The second-order valence-electron chi connectivity index (χ2n) is 4.68. The number of aliphatic hydroxyl groups is 1. The molecule has 112 valence electrons. The maximum absolute atomic E-state index is 12.0. The van der Waals surface area contributed by atoms with Crippen LogP contribution >= 0.6 is 0 Å². The smallest absolute Gasteiger partial charge is 0.290 e. The molecule has 3 rings (SSSR count). The van der Waals surface area contributed by atoms with E-state index in [0.29, 0.717) is 11.5 Å².